The molecule has 0 atom stereocenters. The lowest BCUT2D eigenvalue weighted by molar-refractivity contribution is -0.133. The molecule has 0 saturated carbocycles. The summed E-state index contributed by atoms with van der Waals surface area (Å²) in [5.41, 5.74) is 2.58. The maximum Gasteiger partial charge on any atom is 0.242 e. The van der Waals surface area contributed by atoms with Crippen molar-refractivity contribution in [1.29, 1.82) is 0 Å². The van der Waals surface area contributed by atoms with Gasteiger partial charge in [-0.05, 0) is 43.4 Å². The molecular weight excluding hydrogens is 443 g/mol. The van der Waals surface area contributed by atoms with Gasteiger partial charge in [0.1, 0.15) is 12.4 Å². The first kappa shape index (κ1) is 22.8. The minimum atomic E-state index is -0.350. The van der Waals surface area contributed by atoms with E-state index < -0.39 is 0 Å². The predicted molar refractivity (Wildman–Crippen MR) is 126 cm³/mol. The molecule has 1 aliphatic heterocycles. The molecule has 2 aromatic carbocycles. The van der Waals surface area contributed by atoms with Gasteiger partial charge >= 0.3 is 0 Å². The fourth-order valence-electron chi connectivity index (χ4n) is 3.71. The molecule has 1 aliphatic rings. The third-order valence-corrected chi connectivity index (χ3v) is 5.89. The summed E-state index contributed by atoms with van der Waals surface area (Å²) < 4.78 is 15.1. The van der Waals surface area contributed by atoms with E-state index in [1.165, 1.54) is 24.3 Å². The minimum absolute atomic E-state index is 0.0451. The number of piperazine rings is 1. The summed E-state index contributed by atoms with van der Waals surface area (Å²) in [6.45, 7) is 4.54. The van der Waals surface area contributed by atoms with Crippen LogP contribution in [0.1, 0.15) is 5.56 Å². The van der Waals surface area contributed by atoms with Gasteiger partial charge in [-0.25, -0.2) is 4.39 Å². The SMILES string of the molecule is Cc1ccc(-c2n[nH]c(=S)n2CC(=O)N2CCN(CC(=O)Nc3ccc(F)cc3)CC2)cc1. The Morgan fingerprint density at radius 1 is 1.03 bits per heavy atom. The van der Waals surface area contributed by atoms with Crippen LogP contribution in [0.25, 0.3) is 11.4 Å². The van der Waals surface area contributed by atoms with E-state index >= 15 is 0 Å². The summed E-state index contributed by atoms with van der Waals surface area (Å²) >= 11 is 5.35. The molecule has 8 nitrogen and oxygen atoms in total. The number of aromatic nitrogens is 3. The molecule has 4 rings (SSSR count). The number of hydrogen-bond acceptors (Lipinski definition) is 5. The number of carbonyl (C=O) groups is 2. The van der Waals surface area contributed by atoms with E-state index in [1.807, 2.05) is 36.1 Å². The van der Waals surface area contributed by atoms with Crippen LogP contribution in [0.5, 0.6) is 0 Å². The molecule has 1 fully saturated rings. The molecule has 0 aliphatic carbocycles. The smallest absolute Gasteiger partial charge is 0.242 e. The van der Waals surface area contributed by atoms with Crippen molar-refractivity contribution >= 4 is 29.7 Å². The van der Waals surface area contributed by atoms with E-state index in [0.717, 1.165) is 11.1 Å². The van der Waals surface area contributed by atoms with E-state index in [9.17, 15) is 14.0 Å². The number of H-pyrrole nitrogens is 1. The Kier molecular flexibility index (Phi) is 6.95. The van der Waals surface area contributed by atoms with Gasteiger partial charge < -0.3 is 10.2 Å². The second-order valence-corrected chi connectivity index (χ2v) is 8.40. The standard InChI is InChI=1S/C23H25FN6O2S/c1-16-2-4-17(5-3-16)22-26-27-23(33)30(22)15-21(32)29-12-10-28(11-13-29)14-20(31)25-19-8-6-18(24)7-9-19/h2-9H,10-15H2,1H3,(H,25,31)(H,27,33). The van der Waals surface area contributed by atoms with Gasteiger partial charge in [-0.1, -0.05) is 29.8 Å². The van der Waals surface area contributed by atoms with E-state index in [2.05, 4.69) is 15.5 Å². The summed E-state index contributed by atoms with van der Waals surface area (Å²) in [5.74, 6) is 0.0612. The number of aromatic amines is 1. The first-order valence-corrected chi connectivity index (χ1v) is 11.1. The first-order valence-electron chi connectivity index (χ1n) is 10.7. The van der Waals surface area contributed by atoms with Gasteiger partial charge in [0.2, 0.25) is 11.8 Å². The van der Waals surface area contributed by atoms with Crippen LogP contribution in [0.2, 0.25) is 0 Å². The van der Waals surface area contributed by atoms with Crippen molar-refractivity contribution in [3.05, 3.63) is 64.7 Å². The van der Waals surface area contributed by atoms with Gasteiger partial charge in [0.25, 0.3) is 0 Å². The highest BCUT2D eigenvalue weighted by Crippen LogP contribution is 2.18. The maximum atomic E-state index is 13.0. The molecular formula is C23H25FN6O2S. The molecule has 2 N–H and O–H groups in total. The zero-order valence-electron chi connectivity index (χ0n) is 18.3. The summed E-state index contributed by atoms with van der Waals surface area (Å²) in [6, 6.07) is 13.5. The van der Waals surface area contributed by atoms with Crippen molar-refractivity contribution in [3.63, 3.8) is 0 Å². The monoisotopic (exact) mass is 468 g/mol. The van der Waals surface area contributed by atoms with Gasteiger partial charge in [-0.2, -0.15) is 5.10 Å². The number of rotatable bonds is 6. The number of nitrogens with one attached hydrogen (secondary N) is 2. The average Bonchev–Trinajstić information content (AvgIpc) is 3.16. The molecule has 10 heteroatoms. The summed E-state index contributed by atoms with van der Waals surface area (Å²) in [4.78, 5) is 29.0. The van der Waals surface area contributed by atoms with Crippen LogP contribution in [-0.4, -0.2) is 69.1 Å². The normalized spacial score (nSPS) is 14.3. The van der Waals surface area contributed by atoms with Crippen molar-refractivity contribution < 1.29 is 14.0 Å². The second-order valence-electron chi connectivity index (χ2n) is 8.02. The maximum absolute atomic E-state index is 13.0. The largest absolute Gasteiger partial charge is 0.339 e. The van der Waals surface area contributed by atoms with Crippen molar-refractivity contribution in [2.75, 3.05) is 38.0 Å². The van der Waals surface area contributed by atoms with Crippen LogP contribution in [0.15, 0.2) is 48.5 Å². The zero-order chi connectivity index (χ0) is 23.4. The number of carbonyl (C=O) groups excluding carboxylic acids is 2. The molecule has 0 bridgehead atoms. The van der Waals surface area contributed by atoms with Crippen molar-refractivity contribution in [3.8, 4) is 11.4 Å². The molecule has 33 heavy (non-hydrogen) atoms. The molecule has 0 radical (unpaired) electrons. The number of halogens is 1. The average molecular weight is 469 g/mol. The molecule has 2 amide bonds. The molecule has 2 heterocycles. The summed E-state index contributed by atoms with van der Waals surface area (Å²) in [7, 11) is 0. The second kappa shape index (κ2) is 10.1. The number of hydrogen-bond donors (Lipinski definition) is 2. The van der Waals surface area contributed by atoms with Crippen LogP contribution in [0, 0.1) is 17.5 Å². The number of nitrogens with zero attached hydrogens (tertiary/aromatic N) is 4. The molecule has 1 saturated heterocycles. The molecule has 3 aromatic rings. The fourth-order valence-corrected chi connectivity index (χ4v) is 3.91. The van der Waals surface area contributed by atoms with E-state index in [-0.39, 0.29) is 30.7 Å². The molecule has 0 unspecified atom stereocenters. The summed E-state index contributed by atoms with van der Waals surface area (Å²) in [6.07, 6.45) is 0. The lowest BCUT2D eigenvalue weighted by Gasteiger charge is -2.34. The van der Waals surface area contributed by atoms with Gasteiger partial charge in [0, 0.05) is 37.4 Å². The highest BCUT2D eigenvalue weighted by molar-refractivity contribution is 7.71. The van der Waals surface area contributed by atoms with Crippen LogP contribution < -0.4 is 5.32 Å². The quantitative estimate of drug-likeness (QED) is 0.544. The summed E-state index contributed by atoms with van der Waals surface area (Å²) in [5, 5.41) is 9.84. The Balaban J connectivity index is 1.31. The van der Waals surface area contributed by atoms with Gasteiger partial charge in [-0.3, -0.25) is 24.2 Å². The Morgan fingerprint density at radius 2 is 1.70 bits per heavy atom. The van der Waals surface area contributed by atoms with Crippen LogP contribution in [-0.2, 0) is 16.1 Å². The lowest BCUT2D eigenvalue weighted by atomic mass is 10.1. The third-order valence-electron chi connectivity index (χ3n) is 5.58. The number of aryl methyl sites for hydroxylation is 1. The van der Waals surface area contributed by atoms with Crippen molar-refractivity contribution in [1.82, 2.24) is 24.6 Å². The number of amides is 2. The fraction of sp³-hybridized carbons (Fsp3) is 0.304. The molecule has 1 aromatic heterocycles. The van der Waals surface area contributed by atoms with Crippen LogP contribution >= 0.6 is 12.2 Å². The van der Waals surface area contributed by atoms with Gasteiger partial charge in [0.15, 0.2) is 10.6 Å². The van der Waals surface area contributed by atoms with Crippen molar-refractivity contribution in [2.45, 2.75) is 13.5 Å². The Hall–Kier alpha value is -3.37. The molecule has 0 spiro atoms. The predicted octanol–water partition coefficient (Wildman–Crippen LogP) is 2.84. The van der Waals surface area contributed by atoms with Crippen molar-refractivity contribution in [2.24, 2.45) is 0 Å². The third kappa shape index (κ3) is 5.71. The Labute approximate surface area is 196 Å². The lowest BCUT2D eigenvalue weighted by Crippen LogP contribution is -2.51. The van der Waals surface area contributed by atoms with Gasteiger partial charge in [-0.15, -0.1) is 0 Å². The van der Waals surface area contributed by atoms with Crippen LogP contribution in [0.4, 0.5) is 10.1 Å². The van der Waals surface area contributed by atoms with E-state index in [1.54, 1.807) is 9.47 Å². The number of benzene rings is 2. The topological polar surface area (TPSA) is 86.3 Å². The van der Waals surface area contributed by atoms with E-state index in [0.29, 0.717) is 42.5 Å². The highest BCUT2D eigenvalue weighted by atomic mass is 32.1. The first-order chi connectivity index (χ1) is 15.9. The Bertz CT molecular complexity index is 1180. The minimum Gasteiger partial charge on any atom is -0.339 e. The Morgan fingerprint density at radius 3 is 2.36 bits per heavy atom. The number of anilines is 1. The molecule has 172 valence electrons. The van der Waals surface area contributed by atoms with E-state index in [4.69, 9.17) is 12.2 Å². The van der Waals surface area contributed by atoms with Gasteiger partial charge in [0.05, 0.1) is 6.54 Å². The highest BCUT2D eigenvalue weighted by Gasteiger charge is 2.24. The van der Waals surface area contributed by atoms with Crippen LogP contribution in [0.3, 0.4) is 0 Å². The zero-order valence-corrected chi connectivity index (χ0v) is 19.1.